The Morgan fingerprint density at radius 1 is 1.25 bits per heavy atom. The zero-order valence-corrected chi connectivity index (χ0v) is 12.4. The van der Waals surface area contributed by atoms with Crippen LogP contribution in [0.4, 0.5) is 0 Å². The highest BCUT2D eigenvalue weighted by atomic mass is 32.2. The van der Waals surface area contributed by atoms with E-state index in [1.165, 1.54) is 12.1 Å². The van der Waals surface area contributed by atoms with Gasteiger partial charge in [-0.1, -0.05) is 12.1 Å². The average Bonchev–Trinajstić information content (AvgIpc) is 2.88. The fraction of sp³-hybridized carbons (Fsp3) is 0.385. The summed E-state index contributed by atoms with van der Waals surface area (Å²) in [5.41, 5.74) is 0.433. The Balaban J connectivity index is 1.89. The average molecular weight is 310 g/mol. The number of phenols is 2. The Hall–Kier alpha value is -1.34. The summed E-state index contributed by atoms with van der Waals surface area (Å²) in [4.78, 5) is 4.39. The Morgan fingerprint density at radius 2 is 2.05 bits per heavy atom. The van der Waals surface area contributed by atoms with Gasteiger partial charge in [0, 0.05) is 22.8 Å². The van der Waals surface area contributed by atoms with Crippen LogP contribution in [0.25, 0.3) is 11.5 Å². The molecule has 0 radical (unpaired) electrons. The van der Waals surface area contributed by atoms with Crippen LogP contribution in [0.1, 0.15) is 18.0 Å². The number of rotatable bonds is 2. The number of benzene rings is 1. The molecule has 5 nitrogen and oxygen atoms in total. The molecule has 7 heteroatoms. The van der Waals surface area contributed by atoms with Crippen molar-refractivity contribution in [2.24, 2.45) is 0 Å². The Labute approximate surface area is 124 Å². The first-order valence-electron chi connectivity index (χ1n) is 6.24. The summed E-state index contributed by atoms with van der Waals surface area (Å²) in [6.07, 6.45) is 0. The molecule has 20 heavy (non-hydrogen) atoms. The molecule has 0 aliphatic carbocycles. The highest BCUT2D eigenvalue weighted by Gasteiger charge is 2.29. The predicted molar refractivity (Wildman–Crippen MR) is 80.2 cm³/mol. The van der Waals surface area contributed by atoms with Crippen LogP contribution in [0.3, 0.4) is 0 Å². The minimum Gasteiger partial charge on any atom is -0.508 e. The summed E-state index contributed by atoms with van der Waals surface area (Å²) in [7, 11) is 0. The fourth-order valence-corrected chi connectivity index (χ4v) is 4.76. The van der Waals surface area contributed by atoms with Crippen molar-refractivity contribution in [1.82, 2.24) is 10.1 Å². The molecule has 2 N–H and O–H groups in total. The number of phenolic OH excluding ortho intramolecular Hbond substituents is 2. The highest BCUT2D eigenvalue weighted by molar-refractivity contribution is 8.06. The molecule has 0 saturated carbocycles. The molecule has 3 rings (SSSR count). The van der Waals surface area contributed by atoms with Crippen LogP contribution >= 0.6 is 23.5 Å². The summed E-state index contributed by atoms with van der Waals surface area (Å²) >= 11 is 3.74. The molecule has 1 saturated heterocycles. The quantitative estimate of drug-likeness (QED) is 0.882. The molecule has 0 bridgehead atoms. The van der Waals surface area contributed by atoms with Gasteiger partial charge in [0.1, 0.15) is 11.5 Å². The number of hydrogen-bond acceptors (Lipinski definition) is 7. The molecule has 0 spiro atoms. The molecule has 2 atom stereocenters. The topological polar surface area (TPSA) is 79.4 Å². The first-order valence-corrected chi connectivity index (χ1v) is 8.34. The van der Waals surface area contributed by atoms with Gasteiger partial charge in [-0.15, -0.1) is 11.8 Å². The van der Waals surface area contributed by atoms with Crippen LogP contribution in [0.2, 0.25) is 0 Å². The van der Waals surface area contributed by atoms with Crippen molar-refractivity contribution in [2.45, 2.75) is 17.4 Å². The summed E-state index contributed by atoms with van der Waals surface area (Å²) in [6, 6.07) is 4.30. The van der Waals surface area contributed by atoms with E-state index < -0.39 is 0 Å². The summed E-state index contributed by atoms with van der Waals surface area (Å²) < 4.78 is 5.25. The van der Waals surface area contributed by atoms with Crippen molar-refractivity contribution in [3.05, 3.63) is 24.0 Å². The Bertz CT molecular complexity index is 617. The number of hydrogen-bond donors (Lipinski definition) is 2. The molecule has 1 aromatic heterocycles. The minimum atomic E-state index is -0.0704. The van der Waals surface area contributed by atoms with E-state index in [0.29, 0.717) is 16.6 Å². The van der Waals surface area contributed by atoms with Crippen LogP contribution < -0.4 is 0 Å². The molecule has 0 amide bonds. The first kappa shape index (κ1) is 13.6. The first-order chi connectivity index (χ1) is 9.65. The molecule has 106 valence electrons. The maximum Gasteiger partial charge on any atom is 0.261 e. The molecule has 2 aromatic rings. The van der Waals surface area contributed by atoms with Crippen molar-refractivity contribution in [3.8, 4) is 23.0 Å². The van der Waals surface area contributed by atoms with E-state index in [9.17, 15) is 10.2 Å². The van der Waals surface area contributed by atoms with Crippen molar-refractivity contribution in [1.29, 1.82) is 0 Å². The normalized spacial score (nSPS) is 22.9. The lowest BCUT2D eigenvalue weighted by atomic mass is 10.2. The summed E-state index contributed by atoms with van der Waals surface area (Å²) in [5.74, 6) is 3.09. The zero-order valence-electron chi connectivity index (χ0n) is 10.8. The smallest absolute Gasteiger partial charge is 0.261 e. The number of aromatic hydroxyl groups is 2. The third-order valence-electron chi connectivity index (χ3n) is 3.10. The van der Waals surface area contributed by atoms with E-state index in [-0.39, 0.29) is 22.6 Å². The molecular formula is C13H14N2O3S2. The Morgan fingerprint density at radius 3 is 2.80 bits per heavy atom. The third-order valence-corrected chi connectivity index (χ3v) is 6.18. The van der Waals surface area contributed by atoms with Crippen LogP contribution in [0, 0.1) is 0 Å². The van der Waals surface area contributed by atoms with E-state index in [1.54, 1.807) is 6.07 Å². The second kappa shape index (κ2) is 5.57. The lowest BCUT2D eigenvalue weighted by Gasteiger charge is -2.24. The molecule has 2 unspecified atom stereocenters. The van der Waals surface area contributed by atoms with E-state index in [4.69, 9.17) is 4.52 Å². The van der Waals surface area contributed by atoms with E-state index in [2.05, 4.69) is 17.1 Å². The van der Waals surface area contributed by atoms with E-state index >= 15 is 0 Å². The fourth-order valence-electron chi connectivity index (χ4n) is 2.08. The zero-order chi connectivity index (χ0) is 14.1. The minimum absolute atomic E-state index is 0.00107. The van der Waals surface area contributed by atoms with Crippen LogP contribution in [0.15, 0.2) is 22.7 Å². The van der Waals surface area contributed by atoms with Crippen molar-refractivity contribution < 1.29 is 14.7 Å². The molecule has 1 aliphatic heterocycles. The monoisotopic (exact) mass is 310 g/mol. The summed E-state index contributed by atoms with van der Waals surface area (Å²) in [6.45, 7) is 2.16. The van der Waals surface area contributed by atoms with Gasteiger partial charge < -0.3 is 14.7 Å². The van der Waals surface area contributed by atoms with Gasteiger partial charge >= 0.3 is 0 Å². The lowest BCUT2D eigenvalue weighted by Crippen LogP contribution is -2.16. The number of nitrogens with zero attached hydrogens (tertiary/aromatic N) is 2. The second-order valence-electron chi connectivity index (χ2n) is 4.53. The van der Waals surface area contributed by atoms with Crippen molar-refractivity contribution in [2.75, 3.05) is 11.5 Å². The van der Waals surface area contributed by atoms with Gasteiger partial charge in [-0.25, -0.2) is 0 Å². The summed E-state index contributed by atoms with van der Waals surface area (Å²) in [5, 5.41) is 23.8. The standard InChI is InChI=1S/C13H14N2O3S2/c1-7-11(20-5-4-19-7)12-14-13(18-15-12)9-3-2-8(16)6-10(9)17/h2-3,6-7,11,16-17H,4-5H2,1H3. The maximum absolute atomic E-state index is 9.82. The van der Waals surface area contributed by atoms with Gasteiger partial charge in [0.05, 0.1) is 10.8 Å². The number of aromatic nitrogens is 2. The van der Waals surface area contributed by atoms with Crippen LogP contribution in [-0.4, -0.2) is 37.1 Å². The van der Waals surface area contributed by atoms with Crippen LogP contribution in [-0.2, 0) is 0 Å². The van der Waals surface area contributed by atoms with E-state index in [1.807, 2.05) is 23.5 Å². The molecular weight excluding hydrogens is 296 g/mol. The molecule has 1 aliphatic rings. The van der Waals surface area contributed by atoms with Gasteiger partial charge in [0.25, 0.3) is 5.89 Å². The van der Waals surface area contributed by atoms with Gasteiger partial charge in [-0.2, -0.15) is 16.7 Å². The molecule has 1 aromatic carbocycles. The second-order valence-corrected chi connectivity index (χ2v) is 7.26. The van der Waals surface area contributed by atoms with Crippen molar-refractivity contribution >= 4 is 23.5 Å². The van der Waals surface area contributed by atoms with Crippen LogP contribution in [0.5, 0.6) is 11.5 Å². The van der Waals surface area contributed by atoms with Gasteiger partial charge in [0.15, 0.2) is 5.82 Å². The van der Waals surface area contributed by atoms with Crippen molar-refractivity contribution in [3.63, 3.8) is 0 Å². The van der Waals surface area contributed by atoms with Gasteiger partial charge in [-0.3, -0.25) is 0 Å². The Kier molecular flexibility index (Phi) is 3.80. The van der Waals surface area contributed by atoms with Gasteiger partial charge in [0.2, 0.25) is 0 Å². The number of thioether (sulfide) groups is 2. The van der Waals surface area contributed by atoms with E-state index in [0.717, 1.165) is 11.5 Å². The largest absolute Gasteiger partial charge is 0.508 e. The predicted octanol–water partition coefficient (Wildman–Crippen LogP) is 3.06. The lowest BCUT2D eigenvalue weighted by molar-refractivity contribution is 0.415. The highest BCUT2D eigenvalue weighted by Crippen LogP contribution is 2.42. The SMILES string of the molecule is CC1SCCSC1c1noc(-c2ccc(O)cc2O)n1. The molecule has 1 fully saturated rings. The van der Waals surface area contributed by atoms with Gasteiger partial charge in [-0.05, 0) is 12.1 Å². The maximum atomic E-state index is 9.82. The molecule has 2 heterocycles. The third kappa shape index (κ3) is 2.60.